The number of nitrogens with one attached hydrogen (secondary N) is 1. The van der Waals surface area contributed by atoms with Crippen molar-refractivity contribution < 1.29 is 18.7 Å². The average Bonchev–Trinajstić information content (AvgIpc) is 3.11. The van der Waals surface area contributed by atoms with Gasteiger partial charge in [-0.25, -0.2) is 9.18 Å². The van der Waals surface area contributed by atoms with Crippen molar-refractivity contribution in [2.24, 2.45) is 0 Å². The number of hydrogen-bond donors (Lipinski definition) is 1. The minimum atomic E-state index is -0.990. The summed E-state index contributed by atoms with van der Waals surface area (Å²) in [5.41, 5.74) is 1.46. The molecule has 24 heavy (non-hydrogen) atoms. The summed E-state index contributed by atoms with van der Waals surface area (Å²) in [6.45, 7) is 1.48. The van der Waals surface area contributed by atoms with Gasteiger partial charge in [0.1, 0.15) is 10.7 Å². The number of ether oxygens (including phenoxy) is 1. The van der Waals surface area contributed by atoms with E-state index in [4.69, 9.17) is 16.3 Å². The second-order valence-electron chi connectivity index (χ2n) is 5.57. The van der Waals surface area contributed by atoms with Crippen molar-refractivity contribution in [2.45, 2.75) is 32.3 Å². The Morgan fingerprint density at radius 2 is 2.12 bits per heavy atom. The van der Waals surface area contributed by atoms with Crippen LogP contribution in [0.1, 0.15) is 33.5 Å². The summed E-state index contributed by atoms with van der Waals surface area (Å²) in [4.78, 5) is 26.0. The summed E-state index contributed by atoms with van der Waals surface area (Å²) in [6, 6.07) is 5.48. The number of amides is 1. The Kier molecular flexibility index (Phi) is 4.87. The summed E-state index contributed by atoms with van der Waals surface area (Å²) in [6.07, 6.45) is 2.11. The molecule has 0 saturated heterocycles. The Labute approximate surface area is 147 Å². The van der Waals surface area contributed by atoms with Gasteiger partial charge in [-0.1, -0.05) is 11.6 Å². The van der Waals surface area contributed by atoms with Gasteiger partial charge in [-0.2, -0.15) is 0 Å². The van der Waals surface area contributed by atoms with E-state index in [2.05, 4.69) is 5.32 Å². The normalized spacial score (nSPS) is 14.1. The predicted molar refractivity (Wildman–Crippen MR) is 91.3 cm³/mol. The molecule has 1 aromatic carbocycles. The van der Waals surface area contributed by atoms with Crippen molar-refractivity contribution in [1.29, 1.82) is 0 Å². The third-order valence-corrected chi connectivity index (χ3v) is 5.32. The molecule has 7 heteroatoms. The highest BCUT2D eigenvalue weighted by Gasteiger charge is 2.23. The van der Waals surface area contributed by atoms with Gasteiger partial charge >= 0.3 is 5.97 Å². The molecule has 1 atom stereocenters. The van der Waals surface area contributed by atoms with Crippen LogP contribution in [0, 0.1) is 5.82 Å². The van der Waals surface area contributed by atoms with E-state index in [0.717, 1.165) is 25.3 Å². The average molecular weight is 368 g/mol. The van der Waals surface area contributed by atoms with Crippen LogP contribution in [0.2, 0.25) is 5.02 Å². The van der Waals surface area contributed by atoms with Gasteiger partial charge in [-0.05, 0) is 56.0 Å². The number of benzene rings is 1. The maximum absolute atomic E-state index is 13.0. The zero-order valence-corrected chi connectivity index (χ0v) is 14.5. The second kappa shape index (κ2) is 6.91. The molecule has 4 nitrogen and oxygen atoms in total. The number of esters is 1. The number of aryl methyl sites for hydroxylation is 2. The highest BCUT2D eigenvalue weighted by atomic mass is 35.5. The first-order chi connectivity index (χ1) is 11.4. The summed E-state index contributed by atoms with van der Waals surface area (Å²) in [5, 5.41) is 2.60. The van der Waals surface area contributed by atoms with E-state index < -0.39 is 23.8 Å². The monoisotopic (exact) mass is 367 g/mol. The molecule has 1 aliphatic carbocycles. The summed E-state index contributed by atoms with van der Waals surface area (Å²) < 4.78 is 18.2. The van der Waals surface area contributed by atoms with Crippen molar-refractivity contribution in [3.05, 3.63) is 50.4 Å². The number of anilines is 1. The van der Waals surface area contributed by atoms with E-state index in [9.17, 15) is 14.0 Å². The SMILES string of the molecule is C[C@H](OC(=O)c1cc2c(s1)CCC2)C(=O)Nc1ccc(F)cc1Cl. The van der Waals surface area contributed by atoms with Gasteiger partial charge in [0.05, 0.1) is 10.7 Å². The molecule has 0 radical (unpaired) electrons. The molecule has 1 N–H and O–H groups in total. The molecule has 1 amide bonds. The van der Waals surface area contributed by atoms with Crippen LogP contribution in [0.5, 0.6) is 0 Å². The first-order valence-corrected chi connectivity index (χ1v) is 8.72. The minimum Gasteiger partial charge on any atom is -0.448 e. The highest BCUT2D eigenvalue weighted by molar-refractivity contribution is 7.14. The lowest BCUT2D eigenvalue weighted by Crippen LogP contribution is -2.29. The molecular formula is C17H15ClFNO3S. The molecule has 2 aromatic rings. The van der Waals surface area contributed by atoms with Gasteiger partial charge in [-0.15, -0.1) is 11.3 Å². The molecule has 0 spiro atoms. The maximum Gasteiger partial charge on any atom is 0.349 e. The zero-order valence-electron chi connectivity index (χ0n) is 12.9. The number of thiophene rings is 1. The summed E-state index contributed by atoms with van der Waals surface area (Å²) >= 11 is 7.28. The number of hydrogen-bond acceptors (Lipinski definition) is 4. The maximum atomic E-state index is 13.0. The van der Waals surface area contributed by atoms with E-state index in [1.807, 2.05) is 6.07 Å². The Balaban J connectivity index is 1.61. The smallest absolute Gasteiger partial charge is 0.349 e. The first kappa shape index (κ1) is 16.9. The fraction of sp³-hybridized carbons (Fsp3) is 0.294. The lowest BCUT2D eigenvalue weighted by molar-refractivity contribution is -0.123. The Bertz CT molecular complexity index is 784. The molecule has 0 aliphatic heterocycles. The molecule has 0 saturated carbocycles. The predicted octanol–water partition coefficient (Wildman–Crippen LogP) is 4.21. The lowest BCUT2D eigenvalue weighted by Gasteiger charge is -2.13. The topological polar surface area (TPSA) is 55.4 Å². The third-order valence-electron chi connectivity index (χ3n) is 3.79. The van der Waals surface area contributed by atoms with Gasteiger partial charge in [-0.3, -0.25) is 4.79 Å². The van der Waals surface area contributed by atoms with Gasteiger partial charge in [0, 0.05) is 4.88 Å². The highest BCUT2D eigenvalue weighted by Crippen LogP contribution is 2.31. The van der Waals surface area contributed by atoms with Crippen LogP contribution in [0.4, 0.5) is 10.1 Å². The molecule has 1 aliphatic rings. The van der Waals surface area contributed by atoms with E-state index >= 15 is 0 Å². The molecule has 0 fully saturated rings. The van der Waals surface area contributed by atoms with E-state index in [1.165, 1.54) is 40.8 Å². The molecule has 1 heterocycles. The van der Waals surface area contributed by atoms with Crippen LogP contribution in [0.15, 0.2) is 24.3 Å². The molecular weight excluding hydrogens is 353 g/mol. The van der Waals surface area contributed by atoms with Crippen LogP contribution in [-0.4, -0.2) is 18.0 Å². The van der Waals surface area contributed by atoms with Gasteiger partial charge < -0.3 is 10.1 Å². The molecule has 0 unspecified atom stereocenters. The molecule has 3 rings (SSSR count). The number of halogens is 2. The number of rotatable bonds is 4. The van der Waals surface area contributed by atoms with Crippen molar-refractivity contribution in [1.82, 2.24) is 0 Å². The fourth-order valence-electron chi connectivity index (χ4n) is 2.53. The van der Waals surface area contributed by atoms with E-state index in [0.29, 0.717) is 4.88 Å². The second-order valence-corrected chi connectivity index (χ2v) is 7.12. The minimum absolute atomic E-state index is 0.0801. The van der Waals surface area contributed by atoms with Gasteiger partial charge in [0.15, 0.2) is 6.10 Å². The third kappa shape index (κ3) is 3.60. The number of carbonyl (C=O) groups excluding carboxylic acids is 2. The van der Waals surface area contributed by atoms with Crippen molar-refractivity contribution in [2.75, 3.05) is 5.32 Å². The number of fused-ring (bicyclic) bond motifs is 1. The molecule has 1 aromatic heterocycles. The Morgan fingerprint density at radius 1 is 1.33 bits per heavy atom. The van der Waals surface area contributed by atoms with Crippen LogP contribution in [0.3, 0.4) is 0 Å². The standard InChI is InChI=1S/C17H15ClFNO3S/c1-9(16(21)20-13-6-5-11(19)8-12(13)18)23-17(22)15-7-10-3-2-4-14(10)24-15/h5-9H,2-4H2,1H3,(H,20,21)/t9-/m0/s1. The fourth-order valence-corrected chi connectivity index (χ4v) is 3.88. The number of carbonyl (C=O) groups is 2. The first-order valence-electron chi connectivity index (χ1n) is 7.52. The lowest BCUT2D eigenvalue weighted by atomic mass is 10.2. The van der Waals surface area contributed by atoms with Crippen LogP contribution in [-0.2, 0) is 22.4 Å². The van der Waals surface area contributed by atoms with Crippen molar-refractivity contribution in [3.63, 3.8) is 0 Å². The summed E-state index contributed by atoms with van der Waals surface area (Å²) in [7, 11) is 0. The largest absolute Gasteiger partial charge is 0.448 e. The van der Waals surface area contributed by atoms with Gasteiger partial charge in [0.2, 0.25) is 0 Å². The van der Waals surface area contributed by atoms with Crippen LogP contribution in [0.25, 0.3) is 0 Å². The molecule has 0 bridgehead atoms. The Hall–Kier alpha value is -1.92. The van der Waals surface area contributed by atoms with E-state index in [1.54, 1.807) is 0 Å². The Morgan fingerprint density at radius 3 is 2.83 bits per heavy atom. The van der Waals surface area contributed by atoms with Crippen molar-refractivity contribution >= 4 is 40.5 Å². The van der Waals surface area contributed by atoms with Crippen LogP contribution < -0.4 is 5.32 Å². The quantitative estimate of drug-likeness (QED) is 0.823. The van der Waals surface area contributed by atoms with Crippen LogP contribution >= 0.6 is 22.9 Å². The summed E-state index contributed by atoms with van der Waals surface area (Å²) in [5.74, 6) is -1.54. The van der Waals surface area contributed by atoms with Crippen molar-refractivity contribution in [3.8, 4) is 0 Å². The van der Waals surface area contributed by atoms with E-state index in [-0.39, 0.29) is 10.7 Å². The zero-order chi connectivity index (χ0) is 17.3. The molecule has 126 valence electrons. The van der Waals surface area contributed by atoms with Gasteiger partial charge in [0.25, 0.3) is 5.91 Å².